The van der Waals surface area contributed by atoms with Crippen molar-refractivity contribution in [2.45, 2.75) is 35.5 Å². The Bertz CT molecular complexity index is 807. The fourth-order valence-corrected chi connectivity index (χ4v) is 4.51. The lowest BCUT2D eigenvalue weighted by molar-refractivity contribution is 0.0338. The first-order chi connectivity index (χ1) is 11.9. The molecule has 7 heteroatoms. The van der Waals surface area contributed by atoms with Crippen LogP contribution in [0.4, 0.5) is 0 Å². The highest BCUT2D eigenvalue weighted by molar-refractivity contribution is 7.89. The molecular formula is C18H21NO5S. The standard InChI is InChI=1S/C18H21NO5S/c1-24-13-7-9-14(10-8-13)25(22,23)19-17-15(11-16(20)18(17)21)12-5-3-2-4-6-12/h2-10,15-21H,11H2,1H3/t15-,16-,17-,18-/m1/s1. The number of methoxy groups -OCH3 is 1. The summed E-state index contributed by atoms with van der Waals surface area (Å²) in [7, 11) is -2.34. The summed E-state index contributed by atoms with van der Waals surface area (Å²) in [4.78, 5) is 0.0775. The molecule has 0 bridgehead atoms. The Morgan fingerprint density at radius 1 is 1.04 bits per heavy atom. The zero-order chi connectivity index (χ0) is 18.0. The van der Waals surface area contributed by atoms with Crippen molar-refractivity contribution in [3.8, 4) is 5.75 Å². The van der Waals surface area contributed by atoms with Crippen molar-refractivity contribution in [1.29, 1.82) is 0 Å². The molecule has 1 aliphatic rings. The van der Waals surface area contributed by atoms with Crippen molar-refractivity contribution in [3.63, 3.8) is 0 Å². The molecule has 0 spiro atoms. The molecule has 0 aromatic heterocycles. The van der Waals surface area contributed by atoms with Gasteiger partial charge in [0.1, 0.15) is 5.75 Å². The van der Waals surface area contributed by atoms with Gasteiger partial charge in [-0.3, -0.25) is 0 Å². The van der Waals surface area contributed by atoms with Gasteiger partial charge in [0, 0.05) is 5.92 Å². The van der Waals surface area contributed by atoms with Crippen LogP contribution in [0.2, 0.25) is 0 Å². The van der Waals surface area contributed by atoms with Crippen LogP contribution in [0, 0.1) is 0 Å². The van der Waals surface area contributed by atoms with Gasteiger partial charge in [0.2, 0.25) is 10.0 Å². The largest absolute Gasteiger partial charge is 0.497 e. The number of aliphatic hydroxyl groups excluding tert-OH is 2. The van der Waals surface area contributed by atoms with E-state index in [1.807, 2.05) is 30.3 Å². The lowest BCUT2D eigenvalue weighted by Gasteiger charge is -2.23. The Labute approximate surface area is 147 Å². The van der Waals surface area contributed by atoms with Crippen LogP contribution < -0.4 is 9.46 Å². The maximum absolute atomic E-state index is 12.7. The highest BCUT2D eigenvalue weighted by Crippen LogP contribution is 2.36. The predicted octanol–water partition coefficient (Wildman–Crippen LogP) is 1.25. The summed E-state index contributed by atoms with van der Waals surface area (Å²) in [5, 5.41) is 20.3. The smallest absolute Gasteiger partial charge is 0.240 e. The van der Waals surface area contributed by atoms with Crippen molar-refractivity contribution >= 4 is 10.0 Å². The highest BCUT2D eigenvalue weighted by atomic mass is 32.2. The maximum atomic E-state index is 12.7. The van der Waals surface area contributed by atoms with Crippen LogP contribution in [0.15, 0.2) is 59.5 Å². The number of hydrogen-bond donors (Lipinski definition) is 3. The van der Waals surface area contributed by atoms with Crippen LogP contribution in [0.3, 0.4) is 0 Å². The Morgan fingerprint density at radius 3 is 2.28 bits per heavy atom. The normalized spacial score (nSPS) is 26.5. The van der Waals surface area contributed by atoms with Gasteiger partial charge >= 0.3 is 0 Å². The summed E-state index contributed by atoms with van der Waals surface area (Å²) in [5.41, 5.74) is 0.875. The molecule has 1 aliphatic carbocycles. The first kappa shape index (κ1) is 17.9. The number of nitrogens with one attached hydrogen (secondary N) is 1. The quantitative estimate of drug-likeness (QED) is 0.743. The first-order valence-corrected chi connectivity index (χ1v) is 9.48. The van der Waals surface area contributed by atoms with Crippen molar-refractivity contribution in [3.05, 3.63) is 60.2 Å². The number of ether oxygens (including phenoxy) is 1. The van der Waals surface area contributed by atoms with Crippen LogP contribution in [0.1, 0.15) is 17.9 Å². The summed E-state index contributed by atoms with van der Waals surface area (Å²) < 4.78 is 32.9. The molecule has 6 nitrogen and oxygen atoms in total. The fourth-order valence-electron chi connectivity index (χ4n) is 3.22. The molecule has 2 aromatic carbocycles. The van der Waals surface area contributed by atoms with Gasteiger partial charge < -0.3 is 14.9 Å². The molecule has 134 valence electrons. The van der Waals surface area contributed by atoms with Crippen LogP contribution in [-0.4, -0.2) is 44.0 Å². The number of rotatable bonds is 5. The van der Waals surface area contributed by atoms with Gasteiger partial charge in [-0.2, -0.15) is 0 Å². The van der Waals surface area contributed by atoms with Gasteiger partial charge in [-0.15, -0.1) is 0 Å². The van der Waals surface area contributed by atoms with E-state index in [1.165, 1.54) is 19.2 Å². The van der Waals surface area contributed by atoms with Gasteiger partial charge in [0.15, 0.2) is 0 Å². The fraction of sp³-hybridized carbons (Fsp3) is 0.333. The summed E-state index contributed by atoms with van der Waals surface area (Å²) in [5.74, 6) is 0.247. The molecule has 0 heterocycles. The Kier molecular flexibility index (Phi) is 5.10. The molecule has 0 radical (unpaired) electrons. The second-order valence-corrected chi connectivity index (χ2v) is 7.85. The van der Waals surface area contributed by atoms with Gasteiger partial charge in [0.05, 0.1) is 30.3 Å². The minimum Gasteiger partial charge on any atom is -0.497 e. The van der Waals surface area contributed by atoms with Crippen LogP contribution in [-0.2, 0) is 10.0 Å². The summed E-state index contributed by atoms with van der Waals surface area (Å²) in [6, 6.07) is 14.5. The second-order valence-electron chi connectivity index (χ2n) is 6.13. The van der Waals surface area contributed by atoms with E-state index in [-0.39, 0.29) is 10.8 Å². The SMILES string of the molecule is COc1ccc(S(=O)(=O)N[C@H]2[C@H](O)[C@H](O)C[C@@H]2c2ccccc2)cc1. The predicted molar refractivity (Wildman–Crippen MR) is 92.9 cm³/mol. The van der Waals surface area contributed by atoms with E-state index in [0.717, 1.165) is 5.56 Å². The third-order valence-corrected chi connectivity index (χ3v) is 6.06. The van der Waals surface area contributed by atoms with Crippen molar-refractivity contribution < 1.29 is 23.4 Å². The molecule has 0 saturated heterocycles. The number of sulfonamides is 1. The number of hydrogen-bond acceptors (Lipinski definition) is 5. The van der Waals surface area contributed by atoms with E-state index in [1.54, 1.807) is 12.1 Å². The molecule has 4 atom stereocenters. The summed E-state index contributed by atoms with van der Waals surface area (Å²) >= 11 is 0. The second kappa shape index (κ2) is 7.13. The van der Waals surface area contributed by atoms with E-state index in [0.29, 0.717) is 12.2 Å². The minimum atomic E-state index is -3.84. The Hall–Kier alpha value is -1.93. The van der Waals surface area contributed by atoms with Crippen molar-refractivity contribution in [2.75, 3.05) is 7.11 Å². The lowest BCUT2D eigenvalue weighted by atomic mass is 9.94. The average molecular weight is 363 g/mol. The topological polar surface area (TPSA) is 95.9 Å². The molecule has 0 aliphatic heterocycles. The first-order valence-electron chi connectivity index (χ1n) is 8.00. The molecule has 25 heavy (non-hydrogen) atoms. The average Bonchev–Trinajstić information content (AvgIpc) is 2.90. The molecule has 1 fully saturated rings. The molecule has 3 N–H and O–H groups in total. The number of aliphatic hydroxyl groups is 2. The Balaban J connectivity index is 1.87. The van der Waals surface area contributed by atoms with Gasteiger partial charge in [0.25, 0.3) is 0 Å². The number of benzene rings is 2. The summed E-state index contributed by atoms with van der Waals surface area (Å²) in [6.07, 6.45) is -1.85. The zero-order valence-electron chi connectivity index (χ0n) is 13.7. The monoisotopic (exact) mass is 363 g/mol. The minimum absolute atomic E-state index is 0.0775. The van der Waals surface area contributed by atoms with Gasteiger partial charge in [-0.25, -0.2) is 13.1 Å². The van der Waals surface area contributed by atoms with E-state index in [9.17, 15) is 18.6 Å². The molecule has 2 aromatic rings. The summed E-state index contributed by atoms with van der Waals surface area (Å²) in [6.45, 7) is 0. The van der Waals surface area contributed by atoms with E-state index >= 15 is 0 Å². The van der Waals surface area contributed by atoms with E-state index in [2.05, 4.69) is 4.72 Å². The maximum Gasteiger partial charge on any atom is 0.240 e. The Morgan fingerprint density at radius 2 is 1.68 bits per heavy atom. The molecule has 3 rings (SSSR count). The third-order valence-electron chi connectivity index (χ3n) is 4.58. The van der Waals surface area contributed by atoms with Crippen molar-refractivity contribution in [1.82, 2.24) is 4.72 Å². The molecular weight excluding hydrogens is 342 g/mol. The molecule has 0 unspecified atom stereocenters. The highest BCUT2D eigenvalue weighted by Gasteiger charge is 2.44. The van der Waals surface area contributed by atoms with Crippen molar-refractivity contribution in [2.24, 2.45) is 0 Å². The third kappa shape index (κ3) is 3.69. The molecule has 0 amide bonds. The van der Waals surface area contributed by atoms with Crippen LogP contribution in [0.5, 0.6) is 5.75 Å². The molecule has 1 saturated carbocycles. The van der Waals surface area contributed by atoms with Crippen LogP contribution in [0.25, 0.3) is 0 Å². The van der Waals surface area contributed by atoms with Gasteiger partial charge in [-0.05, 0) is 36.2 Å². The zero-order valence-corrected chi connectivity index (χ0v) is 14.6. The van der Waals surface area contributed by atoms with E-state index < -0.39 is 28.3 Å². The lowest BCUT2D eigenvalue weighted by Crippen LogP contribution is -2.45. The van der Waals surface area contributed by atoms with Gasteiger partial charge in [-0.1, -0.05) is 30.3 Å². The van der Waals surface area contributed by atoms with Crippen LogP contribution >= 0.6 is 0 Å². The van der Waals surface area contributed by atoms with E-state index in [4.69, 9.17) is 4.74 Å².